The number of furan rings is 1. The van der Waals surface area contributed by atoms with Crippen molar-refractivity contribution >= 4 is 29.0 Å². The van der Waals surface area contributed by atoms with Gasteiger partial charge in [0.05, 0.1) is 37.2 Å². The molecule has 0 radical (unpaired) electrons. The number of pyridine rings is 1. The van der Waals surface area contributed by atoms with Crippen LogP contribution >= 0.6 is 12.2 Å². The van der Waals surface area contributed by atoms with E-state index in [9.17, 15) is 9.90 Å². The molecule has 36 heavy (non-hydrogen) atoms. The van der Waals surface area contributed by atoms with E-state index in [0.29, 0.717) is 28.1 Å². The molecule has 9 heteroatoms. The van der Waals surface area contributed by atoms with Crippen molar-refractivity contribution in [3.05, 3.63) is 96.0 Å². The minimum Gasteiger partial charge on any atom is -0.497 e. The number of ether oxygens (including phenoxy) is 2. The van der Waals surface area contributed by atoms with Gasteiger partial charge in [0.2, 0.25) is 0 Å². The van der Waals surface area contributed by atoms with Crippen LogP contribution < -0.4 is 19.7 Å². The maximum Gasteiger partial charge on any atom is 0.335 e. The summed E-state index contributed by atoms with van der Waals surface area (Å²) in [6, 6.07) is 20.9. The van der Waals surface area contributed by atoms with E-state index < -0.39 is 5.97 Å². The zero-order valence-electron chi connectivity index (χ0n) is 19.5. The molecular weight excluding hydrogens is 478 g/mol. The van der Waals surface area contributed by atoms with E-state index in [1.165, 1.54) is 0 Å². The third-order valence-electron chi connectivity index (χ3n) is 6.08. The minimum absolute atomic E-state index is 0.212. The number of rotatable bonds is 7. The maximum atomic E-state index is 11.2. The van der Waals surface area contributed by atoms with Gasteiger partial charge in [0, 0.05) is 17.8 Å². The van der Waals surface area contributed by atoms with Gasteiger partial charge in [0.15, 0.2) is 5.11 Å². The average Bonchev–Trinajstić information content (AvgIpc) is 3.53. The Kier molecular flexibility index (Phi) is 6.30. The van der Waals surface area contributed by atoms with Gasteiger partial charge in [0.1, 0.15) is 29.1 Å². The van der Waals surface area contributed by atoms with Crippen LogP contribution in [0.3, 0.4) is 0 Å². The fourth-order valence-electron chi connectivity index (χ4n) is 4.33. The van der Waals surface area contributed by atoms with E-state index in [2.05, 4.69) is 10.3 Å². The van der Waals surface area contributed by atoms with Crippen LogP contribution in [0, 0.1) is 0 Å². The molecule has 3 heterocycles. The van der Waals surface area contributed by atoms with Crippen LogP contribution in [-0.4, -0.2) is 35.4 Å². The number of carbonyl (C=O) groups is 1. The third kappa shape index (κ3) is 4.25. The molecule has 0 spiro atoms. The van der Waals surface area contributed by atoms with E-state index in [1.807, 2.05) is 47.4 Å². The van der Waals surface area contributed by atoms with Crippen LogP contribution in [-0.2, 0) is 0 Å². The quantitative estimate of drug-likeness (QED) is 0.330. The molecule has 182 valence electrons. The Morgan fingerprint density at radius 3 is 2.53 bits per heavy atom. The highest BCUT2D eigenvalue weighted by Gasteiger charge is 2.43. The third-order valence-corrected chi connectivity index (χ3v) is 6.39. The molecule has 0 bridgehead atoms. The summed E-state index contributed by atoms with van der Waals surface area (Å²) < 4.78 is 17.4. The first-order chi connectivity index (χ1) is 17.5. The van der Waals surface area contributed by atoms with E-state index in [0.717, 1.165) is 16.9 Å². The lowest BCUT2D eigenvalue weighted by atomic mass is 10.0. The number of hydrogen-bond donors (Lipinski definition) is 2. The summed E-state index contributed by atoms with van der Waals surface area (Å²) >= 11 is 5.79. The van der Waals surface area contributed by atoms with Gasteiger partial charge in [-0.15, -0.1) is 0 Å². The number of carboxylic acid groups (broad SMARTS) is 1. The van der Waals surface area contributed by atoms with Crippen molar-refractivity contribution in [2.75, 3.05) is 19.1 Å². The summed E-state index contributed by atoms with van der Waals surface area (Å²) in [6.07, 6.45) is 1.74. The van der Waals surface area contributed by atoms with Gasteiger partial charge >= 0.3 is 5.97 Å². The van der Waals surface area contributed by atoms with Crippen LogP contribution in [0.2, 0.25) is 0 Å². The Morgan fingerprint density at radius 1 is 1.06 bits per heavy atom. The van der Waals surface area contributed by atoms with E-state index >= 15 is 0 Å². The fourth-order valence-corrected chi connectivity index (χ4v) is 4.67. The van der Waals surface area contributed by atoms with Gasteiger partial charge in [-0.2, -0.15) is 0 Å². The lowest BCUT2D eigenvalue weighted by Crippen LogP contribution is -2.29. The Morgan fingerprint density at radius 2 is 1.86 bits per heavy atom. The van der Waals surface area contributed by atoms with Gasteiger partial charge in [-0.25, -0.2) is 4.79 Å². The van der Waals surface area contributed by atoms with Crippen molar-refractivity contribution in [2.45, 2.75) is 12.1 Å². The lowest BCUT2D eigenvalue weighted by Gasteiger charge is -2.27. The number of aromatic nitrogens is 1. The molecule has 1 saturated heterocycles. The van der Waals surface area contributed by atoms with Crippen molar-refractivity contribution in [1.29, 1.82) is 0 Å². The topological polar surface area (TPSA) is 97.1 Å². The molecule has 2 atom stereocenters. The van der Waals surface area contributed by atoms with Crippen LogP contribution in [0.15, 0.2) is 83.4 Å². The van der Waals surface area contributed by atoms with E-state index in [4.69, 9.17) is 26.1 Å². The van der Waals surface area contributed by atoms with E-state index in [1.54, 1.807) is 50.7 Å². The molecule has 2 aromatic heterocycles. The monoisotopic (exact) mass is 501 g/mol. The largest absolute Gasteiger partial charge is 0.497 e. The van der Waals surface area contributed by atoms with Crippen LogP contribution in [0.1, 0.15) is 33.9 Å². The van der Waals surface area contributed by atoms with Gasteiger partial charge in [0.25, 0.3) is 0 Å². The zero-order valence-corrected chi connectivity index (χ0v) is 20.4. The fraction of sp³-hybridized carbons (Fsp3) is 0.148. The molecular formula is C27H23N3O5S. The Labute approximate surface area is 213 Å². The Hall–Kier alpha value is -4.37. The SMILES string of the molecule is COc1ccc(N2C(=S)N[C@@H](c3ccccn3)[C@@H]2c2ccc(-c3ccc(C(=O)O)cc3)o2)c(OC)c1. The standard InChI is InChI=1S/C27H23N3O5S/c1-33-18-10-11-20(23(15-18)34-2)30-25(24(29-27(30)36)19-5-3-4-14-28-19)22-13-12-21(35-22)16-6-8-17(9-7-16)26(31)32/h3-15,24-25H,1-2H3,(H,29,36)(H,31,32)/t24-,25-/m0/s1. The number of methoxy groups -OCH3 is 2. The molecule has 0 unspecified atom stereocenters. The first-order valence-electron chi connectivity index (χ1n) is 11.2. The normalized spacial score (nSPS) is 17.1. The number of thiocarbonyl (C=S) groups is 1. The Bertz CT molecular complexity index is 1400. The van der Waals surface area contributed by atoms with Crippen molar-refractivity contribution in [3.8, 4) is 22.8 Å². The number of benzene rings is 2. The molecule has 1 aliphatic heterocycles. The number of nitrogens with zero attached hydrogens (tertiary/aromatic N) is 2. The number of carboxylic acids is 1. The van der Waals surface area contributed by atoms with Crippen LogP contribution in [0.5, 0.6) is 11.5 Å². The highest BCUT2D eigenvalue weighted by atomic mass is 32.1. The van der Waals surface area contributed by atoms with Crippen molar-refractivity contribution in [2.24, 2.45) is 0 Å². The summed E-state index contributed by atoms with van der Waals surface area (Å²) in [7, 11) is 3.20. The summed E-state index contributed by atoms with van der Waals surface area (Å²) in [5, 5.41) is 13.1. The molecule has 5 rings (SSSR count). The second-order valence-electron chi connectivity index (χ2n) is 8.12. The molecule has 0 amide bonds. The summed E-state index contributed by atoms with van der Waals surface area (Å²) in [5.74, 6) is 1.56. The van der Waals surface area contributed by atoms with Crippen molar-refractivity contribution in [1.82, 2.24) is 10.3 Å². The molecule has 1 fully saturated rings. The first kappa shape index (κ1) is 23.4. The Balaban J connectivity index is 1.59. The predicted molar refractivity (Wildman–Crippen MR) is 139 cm³/mol. The van der Waals surface area contributed by atoms with Crippen LogP contribution in [0.25, 0.3) is 11.3 Å². The molecule has 2 aromatic carbocycles. The first-order valence-corrected chi connectivity index (χ1v) is 11.6. The summed E-state index contributed by atoms with van der Waals surface area (Å²) in [6.45, 7) is 0. The minimum atomic E-state index is -0.977. The highest BCUT2D eigenvalue weighted by molar-refractivity contribution is 7.80. The molecule has 1 aliphatic rings. The highest BCUT2D eigenvalue weighted by Crippen LogP contribution is 2.46. The van der Waals surface area contributed by atoms with Crippen molar-refractivity contribution in [3.63, 3.8) is 0 Å². The number of anilines is 1. The summed E-state index contributed by atoms with van der Waals surface area (Å²) in [4.78, 5) is 17.7. The van der Waals surface area contributed by atoms with Gasteiger partial charge in [-0.05, 0) is 60.7 Å². The van der Waals surface area contributed by atoms with Gasteiger partial charge in [-0.3, -0.25) is 4.98 Å². The molecule has 4 aromatic rings. The zero-order chi connectivity index (χ0) is 25.2. The maximum absolute atomic E-state index is 11.2. The number of nitrogens with one attached hydrogen (secondary N) is 1. The lowest BCUT2D eigenvalue weighted by molar-refractivity contribution is 0.0697. The number of hydrogen-bond acceptors (Lipinski definition) is 6. The number of aromatic carboxylic acids is 1. The molecule has 2 N–H and O–H groups in total. The average molecular weight is 502 g/mol. The predicted octanol–water partition coefficient (Wildman–Crippen LogP) is 5.23. The second kappa shape index (κ2) is 9.71. The molecule has 0 saturated carbocycles. The van der Waals surface area contributed by atoms with Crippen LogP contribution in [0.4, 0.5) is 5.69 Å². The molecule has 0 aliphatic carbocycles. The summed E-state index contributed by atoms with van der Waals surface area (Å²) in [5.41, 5.74) is 2.54. The van der Waals surface area contributed by atoms with Gasteiger partial charge in [-0.1, -0.05) is 18.2 Å². The van der Waals surface area contributed by atoms with E-state index in [-0.39, 0.29) is 17.6 Å². The van der Waals surface area contributed by atoms with Gasteiger partial charge < -0.3 is 29.2 Å². The van der Waals surface area contributed by atoms with Crippen molar-refractivity contribution < 1.29 is 23.8 Å². The second-order valence-corrected chi connectivity index (χ2v) is 8.51. The molecule has 8 nitrogen and oxygen atoms in total. The smallest absolute Gasteiger partial charge is 0.335 e.